The van der Waals surface area contributed by atoms with Gasteiger partial charge in [0.05, 0.1) is 0 Å². The van der Waals surface area contributed by atoms with Crippen molar-refractivity contribution in [2.24, 2.45) is 5.73 Å². The zero-order valence-electron chi connectivity index (χ0n) is 11.6. The van der Waals surface area contributed by atoms with E-state index in [0.29, 0.717) is 0 Å². The number of hydrogen-bond donors (Lipinski definition) is 1. The lowest BCUT2D eigenvalue weighted by Crippen LogP contribution is -2.50. The zero-order chi connectivity index (χ0) is 12.8. The van der Waals surface area contributed by atoms with Crippen molar-refractivity contribution in [2.45, 2.75) is 44.1 Å². The number of likely N-dealkylation sites (N-methyl/N-ethyl adjacent to an activating group) is 1. The molecule has 0 radical (unpaired) electrons. The third-order valence-electron chi connectivity index (χ3n) is 4.06. The molecule has 2 heteroatoms. The Labute approximate surface area is 111 Å². The number of rotatable bonds is 5. The molecule has 1 saturated carbocycles. The Hall–Kier alpha value is -0.860. The van der Waals surface area contributed by atoms with E-state index in [1.165, 1.54) is 37.7 Å². The van der Waals surface area contributed by atoms with Crippen LogP contribution in [0.4, 0.5) is 0 Å². The fourth-order valence-corrected chi connectivity index (χ4v) is 3.00. The third-order valence-corrected chi connectivity index (χ3v) is 4.06. The lowest BCUT2D eigenvalue weighted by Gasteiger charge is -2.36. The molecule has 1 aliphatic rings. The van der Waals surface area contributed by atoms with Crippen LogP contribution in [0.15, 0.2) is 30.3 Å². The molecular weight excluding hydrogens is 220 g/mol. The average molecular weight is 246 g/mol. The zero-order valence-corrected chi connectivity index (χ0v) is 11.6. The van der Waals surface area contributed by atoms with Gasteiger partial charge in [0.15, 0.2) is 0 Å². The molecule has 2 nitrogen and oxygen atoms in total. The summed E-state index contributed by atoms with van der Waals surface area (Å²) < 4.78 is 0. The molecule has 1 aromatic rings. The van der Waals surface area contributed by atoms with Crippen LogP contribution >= 0.6 is 0 Å². The predicted molar refractivity (Wildman–Crippen MR) is 77.6 cm³/mol. The third kappa shape index (κ3) is 4.11. The van der Waals surface area contributed by atoms with Crippen molar-refractivity contribution in [3.63, 3.8) is 0 Å². The molecule has 0 aromatic heterocycles. The first-order valence-corrected chi connectivity index (χ1v) is 7.19. The van der Waals surface area contributed by atoms with E-state index in [1.807, 2.05) is 0 Å². The van der Waals surface area contributed by atoms with Gasteiger partial charge in [0.2, 0.25) is 0 Å². The quantitative estimate of drug-likeness (QED) is 0.865. The summed E-state index contributed by atoms with van der Waals surface area (Å²) in [6, 6.07) is 10.7. The molecule has 0 unspecified atom stereocenters. The van der Waals surface area contributed by atoms with Gasteiger partial charge in [0, 0.05) is 18.6 Å². The van der Waals surface area contributed by atoms with Gasteiger partial charge >= 0.3 is 0 Å². The van der Waals surface area contributed by atoms with Gasteiger partial charge in [-0.25, -0.2) is 0 Å². The van der Waals surface area contributed by atoms with Crippen molar-refractivity contribution in [2.75, 3.05) is 20.1 Å². The van der Waals surface area contributed by atoms with Gasteiger partial charge in [-0.05, 0) is 31.9 Å². The van der Waals surface area contributed by atoms with E-state index in [0.717, 1.165) is 19.5 Å². The monoisotopic (exact) mass is 246 g/mol. The lowest BCUT2D eigenvalue weighted by atomic mass is 9.82. The van der Waals surface area contributed by atoms with Crippen molar-refractivity contribution >= 4 is 0 Å². The molecule has 0 heterocycles. The Morgan fingerprint density at radius 3 is 2.44 bits per heavy atom. The molecule has 1 aliphatic carbocycles. The van der Waals surface area contributed by atoms with Crippen LogP contribution < -0.4 is 5.73 Å². The fraction of sp³-hybridized carbons (Fsp3) is 0.625. The maximum atomic E-state index is 6.49. The number of nitrogens with zero attached hydrogens (tertiary/aromatic N) is 1. The van der Waals surface area contributed by atoms with Crippen LogP contribution in [-0.4, -0.2) is 30.6 Å². The Bertz CT molecular complexity index is 341. The van der Waals surface area contributed by atoms with Crippen LogP contribution in [0.3, 0.4) is 0 Å². The summed E-state index contributed by atoms with van der Waals surface area (Å²) in [5.74, 6) is 0. The fourth-order valence-electron chi connectivity index (χ4n) is 3.00. The first-order chi connectivity index (χ1) is 8.68. The van der Waals surface area contributed by atoms with E-state index in [4.69, 9.17) is 5.73 Å². The summed E-state index contributed by atoms with van der Waals surface area (Å²) in [5.41, 5.74) is 7.98. The molecule has 1 aromatic carbocycles. The van der Waals surface area contributed by atoms with Gasteiger partial charge in [-0.3, -0.25) is 0 Å². The van der Waals surface area contributed by atoms with Crippen LogP contribution in [-0.2, 0) is 6.42 Å². The maximum Gasteiger partial charge on any atom is 0.0283 e. The van der Waals surface area contributed by atoms with Gasteiger partial charge in [0.1, 0.15) is 0 Å². The number of hydrogen-bond acceptors (Lipinski definition) is 2. The molecule has 0 atom stereocenters. The minimum atomic E-state index is 0.0731. The number of nitrogens with two attached hydrogens (primary N) is 1. The number of benzene rings is 1. The smallest absolute Gasteiger partial charge is 0.0283 e. The maximum absolute atomic E-state index is 6.49. The molecule has 0 saturated heterocycles. The minimum Gasteiger partial charge on any atom is -0.324 e. The highest BCUT2D eigenvalue weighted by molar-refractivity contribution is 5.14. The van der Waals surface area contributed by atoms with Gasteiger partial charge in [-0.15, -0.1) is 0 Å². The molecule has 0 spiro atoms. The molecule has 18 heavy (non-hydrogen) atoms. The summed E-state index contributed by atoms with van der Waals surface area (Å²) in [7, 11) is 2.20. The molecule has 0 bridgehead atoms. The van der Waals surface area contributed by atoms with Crippen molar-refractivity contribution in [1.82, 2.24) is 4.90 Å². The van der Waals surface area contributed by atoms with Crippen molar-refractivity contribution < 1.29 is 0 Å². The first kappa shape index (κ1) is 13.6. The standard InChI is InChI=1S/C16H26N2/c1-18(13-10-15-8-4-2-5-9-15)14-16(17)11-6-3-7-12-16/h2,4-5,8-9H,3,6-7,10-14,17H2,1H3. The van der Waals surface area contributed by atoms with E-state index in [-0.39, 0.29) is 5.54 Å². The Kier molecular flexibility index (Phi) is 4.79. The average Bonchev–Trinajstić information content (AvgIpc) is 2.38. The Balaban J connectivity index is 1.76. The normalized spacial score (nSPS) is 19.1. The molecule has 1 fully saturated rings. The summed E-state index contributed by atoms with van der Waals surface area (Å²) in [6.45, 7) is 2.14. The Morgan fingerprint density at radius 2 is 1.78 bits per heavy atom. The van der Waals surface area contributed by atoms with Crippen LogP contribution in [0.2, 0.25) is 0 Å². The molecule has 100 valence electrons. The largest absolute Gasteiger partial charge is 0.324 e. The predicted octanol–water partition coefficient (Wildman–Crippen LogP) is 2.82. The molecule has 2 N–H and O–H groups in total. The van der Waals surface area contributed by atoms with Crippen molar-refractivity contribution in [3.8, 4) is 0 Å². The van der Waals surface area contributed by atoms with E-state index >= 15 is 0 Å². The second-order valence-electron chi connectivity index (χ2n) is 5.90. The topological polar surface area (TPSA) is 29.3 Å². The minimum absolute atomic E-state index is 0.0731. The van der Waals surface area contributed by atoms with Gasteiger partial charge in [-0.1, -0.05) is 49.6 Å². The van der Waals surface area contributed by atoms with E-state index in [2.05, 4.69) is 42.3 Å². The summed E-state index contributed by atoms with van der Waals surface area (Å²) in [6.07, 6.45) is 7.50. The molecule has 0 amide bonds. The highest BCUT2D eigenvalue weighted by Gasteiger charge is 2.28. The van der Waals surface area contributed by atoms with E-state index in [9.17, 15) is 0 Å². The van der Waals surface area contributed by atoms with Crippen LogP contribution in [0.25, 0.3) is 0 Å². The second kappa shape index (κ2) is 6.35. The van der Waals surface area contributed by atoms with E-state index < -0.39 is 0 Å². The van der Waals surface area contributed by atoms with Crippen molar-refractivity contribution in [3.05, 3.63) is 35.9 Å². The SMILES string of the molecule is CN(CCc1ccccc1)CC1(N)CCCCC1. The molecule has 0 aliphatic heterocycles. The van der Waals surface area contributed by atoms with Gasteiger partial charge in [-0.2, -0.15) is 0 Å². The first-order valence-electron chi connectivity index (χ1n) is 7.19. The second-order valence-corrected chi connectivity index (χ2v) is 5.90. The van der Waals surface area contributed by atoms with Crippen LogP contribution in [0.1, 0.15) is 37.7 Å². The van der Waals surface area contributed by atoms with Gasteiger partial charge < -0.3 is 10.6 Å². The van der Waals surface area contributed by atoms with Crippen LogP contribution in [0, 0.1) is 0 Å². The Morgan fingerprint density at radius 1 is 1.11 bits per heavy atom. The lowest BCUT2D eigenvalue weighted by molar-refractivity contribution is 0.199. The van der Waals surface area contributed by atoms with E-state index in [1.54, 1.807) is 0 Å². The van der Waals surface area contributed by atoms with Gasteiger partial charge in [0.25, 0.3) is 0 Å². The van der Waals surface area contributed by atoms with Crippen LogP contribution in [0.5, 0.6) is 0 Å². The summed E-state index contributed by atoms with van der Waals surface area (Å²) >= 11 is 0. The van der Waals surface area contributed by atoms with Crippen molar-refractivity contribution in [1.29, 1.82) is 0 Å². The highest BCUT2D eigenvalue weighted by atomic mass is 15.1. The molecular formula is C16H26N2. The molecule has 2 rings (SSSR count). The summed E-state index contributed by atoms with van der Waals surface area (Å²) in [5, 5.41) is 0. The highest BCUT2D eigenvalue weighted by Crippen LogP contribution is 2.26. The summed E-state index contributed by atoms with van der Waals surface area (Å²) in [4.78, 5) is 2.40.